The molecule has 4 heterocycles. The van der Waals surface area contributed by atoms with Gasteiger partial charge in [-0.25, -0.2) is 10.0 Å². The SMILES string of the molecule is O=C(NN1CCCCC1)c1ccc2c(c1)N=C(N1CCCCC1)c1sncc1S2. The van der Waals surface area contributed by atoms with Crippen LogP contribution in [0.2, 0.25) is 0 Å². The number of fused-ring (bicyclic) bond motifs is 2. The second kappa shape index (κ2) is 8.45. The molecule has 8 heteroatoms. The zero-order valence-electron chi connectivity index (χ0n) is 16.4. The largest absolute Gasteiger partial charge is 0.355 e. The number of hydrazine groups is 1. The molecule has 29 heavy (non-hydrogen) atoms. The van der Waals surface area contributed by atoms with Crippen molar-refractivity contribution in [2.24, 2.45) is 4.99 Å². The van der Waals surface area contributed by atoms with Gasteiger partial charge in [0.05, 0.1) is 16.8 Å². The molecule has 0 radical (unpaired) electrons. The third kappa shape index (κ3) is 4.06. The fourth-order valence-corrected chi connectivity index (χ4v) is 5.94. The van der Waals surface area contributed by atoms with Crippen LogP contribution in [-0.4, -0.2) is 52.2 Å². The Bertz CT molecular complexity index is 929. The van der Waals surface area contributed by atoms with Gasteiger partial charge >= 0.3 is 0 Å². The van der Waals surface area contributed by atoms with E-state index in [1.807, 2.05) is 29.4 Å². The molecule has 1 aromatic heterocycles. The van der Waals surface area contributed by atoms with Gasteiger partial charge in [0.25, 0.3) is 5.91 Å². The number of aliphatic imine (C=N–C) groups is 1. The van der Waals surface area contributed by atoms with Gasteiger partial charge in [0.1, 0.15) is 10.7 Å². The Morgan fingerprint density at radius 3 is 2.52 bits per heavy atom. The molecule has 0 bridgehead atoms. The van der Waals surface area contributed by atoms with Crippen LogP contribution < -0.4 is 5.43 Å². The van der Waals surface area contributed by atoms with Crippen LogP contribution in [0.5, 0.6) is 0 Å². The van der Waals surface area contributed by atoms with E-state index >= 15 is 0 Å². The van der Waals surface area contributed by atoms with Gasteiger partial charge in [-0.05, 0) is 61.8 Å². The van der Waals surface area contributed by atoms with Crippen LogP contribution in [0, 0.1) is 0 Å². The van der Waals surface area contributed by atoms with E-state index in [-0.39, 0.29) is 5.91 Å². The summed E-state index contributed by atoms with van der Waals surface area (Å²) >= 11 is 3.21. The average molecular weight is 428 g/mol. The molecule has 5 rings (SSSR count). The van der Waals surface area contributed by atoms with Gasteiger partial charge in [0.15, 0.2) is 0 Å². The van der Waals surface area contributed by atoms with Crippen LogP contribution in [0.1, 0.15) is 53.8 Å². The normalized spacial score (nSPS) is 19.7. The number of carbonyl (C=O) groups is 1. The Morgan fingerprint density at radius 2 is 1.72 bits per heavy atom. The van der Waals surface area contributed by atoms with E-state index in [1.54, 1.807) is 11.8 Å². The van der Waals surface area contributed by atoms with Crippen molar-refractivity contribution < 1.29 is 4.79 Å². The first-order chi connectivity index (χ1) is 14.3. The minimum Gasteiger partial charge on any atom is -0.355 e. The second-order valence-corrected chi connectivity index (χ2v) is 9.66. The Kier molecular flexibility index (Phi) is 5.56. The number of amides is 1. The van der Waals surface area contributed by atoms with Gasteiger partial charge in [-0.2, -0.15) is 4.37 Å². The molecule has 1 N–H and O–H groups in total. The molecule has 3 aliphatic heterocycles. The lowest BCUT2D eigenvalue weighted by atomic mass is 10.1. The number of aromatic nitrogens is 1. The van der Waals surface area contributed by atoms with Crippen molar-refractivity contribution in [1.82, 2.24) is 19.7 Å². The van der Waals surface area contributed by atoms with Crippen LogP contribution in [0.15, 0.2) is 39.2 Å². The summed E-state index contributed by atoms with van der Waals surface area (Å²) in [7, 11) is 0. The predicted octanol–water partition coefficient (Wildman–Crippen LogP) is 4.30. The van der Waals surface area contributed by atoms with Gasteiger partial charge < -0.3 is 4.90 Å². The van der Waals surface area contributed by atoms with Gasteiger partial charge in [-0.3, -0.25) is 10.2 Å². The van der Waals surface area contributed by atoms with Crippen molar-refractivity contribution in [3.05, 3.63) is 34.8 Å². The van der Waals surface area contributed by atoms with E-state index in [9.17, 15) is 4.79 Å². The molecule has 0 spiro atoms. The summed E-state index contributed by atoms with van der Waals surface area (Å²) in [6, 6.07) is 5.87. The first-order valence-electron chi connectivity index (χ1n) is 10.4. The summed E-state index contributed by atoms with van der Waals surface area (Å²) < 4.78 is 4.42. The van der Waals surface area contributed by atoms with Gasteiger partial charge in [0, 0.05) is 36.6 Å². The van der Waals surface area contributed by atoms with Crippen molar-refractivity contribution in [3.63, 3.8) is 0 Å². The fourth-order valence-electron chi connectivity index (χ4n) is 4.10. The lowest BCUT2D eigenvalue weighted by Crippen LogP contribution is -2.45. The summed E-state index contributed by atoms with van der Waals surface area (Å²) in [5.41, 5.74) is 4.61. The molecular weight excluding hydrogens is 402 g/mol. The molecule has 2 fully saturated rings. The van der Waals surface area contributed by atoms with Crippen LogP contribution in [0.3, 0.4) is 0 Å². The predicted molar refractivity (Wildman–Crippen MR) is 117 cm³/mol. The highest BCUT2D eigenvalue weighted by Gasteiger charge is 2.26. The Morgan fingerprint density at radius 1 is 0.966 bits per heavy atom. The number of hydrogen-bond acceptors (Lipinski definition) is 7. The zero-order chi connectivity index (χ0) is 19.6. The molecule has 0 unspecified atom stereocenters. The molecule has 3 aliphatic rings. The van der Waals surface area contributed by atoms with Crippen molar-refractivity contribution in [2.75, 3.05) is 26.2 Å². The van der Waals surface area contributed by atoms with Crippen LogP contribution in [-0.2, 0) is 0 Å². The molecular formula is C21H25N5OS2. The topological polar surface area (TPSA) is 60.8 Å². The average Bonchev–Trinajstić information content (AvgIpc) is 3.16. The van der Waals surface area contributed by atoms with Gasteiger partial charge in [0.2, 0.25) is 0 Å². The summed E-state index contributed by atoms with van der Waals surface area (Å²) in [6.07, 6.45) is 9.15. The summed E-state index contributed by atoms with van der Waals surface area (Å²) in [5.74, 6) is 0.970. The third-order valence-corrected chi connectivity index (χ3v) is 7.70. The number of amidine groups is 1. The molecule has 2 aromatic rings. The quantitative estimate of drug-likeness (QED) is 0.774. The lowest BCUT2D eigenvalue weighted by Gasteiger charge is -2.29. The molecule has 152 valence electrons. The minimum absolute atomic E-state index is 0.0462. The van der Waals surface area contributed by atoms with Gasteiger partial charge in [-0.1, -0.05) is 18.2 Å². The van der Waals surface area contributed by atoms with Crippen LogP contribution >= 0.6 is 23.3 Å². The van der Waals surface area contributed by atoms with Crippen molar-refractivity contribution >= 4 is 40.7 Å². The highest BCUT2D eigenvalue weighted by molar-refractivity contribution is 7.99. The molecule has 6 nitrogen and oxygen atoms in total. The molecule has 1 aromatic carbocycles. The third-order valence-electron chi connectivity index (χ3n) is 5.68. The van der Waals surface area contributed by atoms with Crippen molar-refractivity contribution in [1.29, 1.82) is 0 Å². The molecule has 0 aliphatic carbocycles. The Hall–Kier alpha value is -1.90. The number of piperidine rings is 2. The number of hydrogen-bond donors (Lipinski definition) is 1. The van der Waals surface area contributed by atoms with Crippen molar-refractivity contribution in [2.45, 2.75) is 48.3 Å². The van der Waals surface area contributed by atoms with E-state index in [2.05, 4.69) is 14.7 Å². The highest BCUT2D eigenvalue weighted by Crippen LogP contribution is 2.42. The Balaban J connectivity index is 1.45. The monoisotopic (exact) mass is 427 g/mol. The number of nitrogens with one attached hydrogen (secondary N) is 1. The van der Waals surface area contributed by atoms with E-state index in [1.165, 1.54) is 37.2 Å². The fraction of sp³-hybridized carbons (Fsp3) is 0.476. The summed E-state index contributed by atoms with van der Waals surface area (Å²) in [6.45, 7) is 3.92. The smallest absolute Gasteiger partial charge is 0.265 e. The van der Waals surface area contributed by atoms with E-state index in [0.717, 1.165) is 65.2 Å². The molecule has 0 atom stereocenters. The summed E-state index contributed by atoms with van der Waals surface area (Å²) in [5, 5.41) is 2.04. The van der Waals surface area contributed by atoms with E-state index < -0.39 is 0 Å². The standard InChI is InChI=1S/C21H25N5OS2/c27-21(24-26-11-5-2-6-12-26)15-7-8-17-16(13-15)23-20(25-9-3-1-4-10-25)19-18(28-17)14-22-29-19/h7-8,13-14H,1-6,9-12H2,(H,24,27). The summed E-state index contributed by atoms with van der Waals surface area (Å²) in [4.78, 5) is 23.6. The molecule has 1 amide bonds. The first-order valence-corrected chi connectivity index (χ1v) is 12.0. The maximum atomic E-state index is 12.8. The number of benzene rings is 1. The zero-order valence-corrected chi connectivity index (χ0v) is 18.0. The van der Waals surface area contributed by atoms with E-state index in [4.69, 9.17) is 4.99 Å². The number of carbonyl (C=O) groups excluding carboxylic acids is 1. The second-order valence-electron chi connectivity index (χ2n) is 7.78. The maximum absolute atomic E-state index is 12.8. The van der Waals surface area contributed by atoms with Crippen LogP contribution in [0.25, 0.3) is 0 Å². The molecule has 2 saturated heterocycles. The number of rotatable bonds is 2. The minimum atomic E-state index is -0.0462. The van der Waals surface area contributed by atoms with E-state index in [0.29, 0.717) is 5.56 Å². The van der Waals surface area contributed by atoms with Gasteiger partial charge in [-0.15, -0.1) is 0 Å². The number of likely N-dealkylation sites (tertiary alicyclic amines) is 1. The number of nitrogens with zero attached hydrogens (tertiary/aromatic N) is 4. The van der Waals surface area contributed by atoms with Crippen LogP contribution in [0.4, 0.5) is 5.69 Å². The highest BCUT2D eigenvalue weighted by atomic mass is 32.2. The molecule has 0 saturated carbocycles. The van der Waals surface area contributed by atoms with Crippen molar-refractivity contribution in [3.8, 4) is 0 Å². The lowest BCUT2D eigenvalue weighted by molar-refractivity contribution is 0.0750. The first kappa shape index (κ1) is 19.1. The maximum Gasteiger partial charge on any atom is 0.265 e. The Labute approximate surface area is 179 Å².